The lowest BCUT2D eigenvalue weighted by Crippen LogP contribution is -2.57. The zero-order valence-electron chi connectivity index (χ0n) is 16.8. The van der Waals surface area contributed by atoms with Gasteiger partial charge in [-0.3, -0.25) is 4.79 Å². The Labute approximate surface area is 178 Å². The first kappa shape index (κ1) is 21.2. The first-order chi connectivity index (χ1) is 14.8. The van der Waals surface area contributed by atoms with Crippen LogP contribution in [0.3, 0.4) is 0 Å². The Kier molecular flexibility index (Phi) is 5.61. The van der Waals surface area contributed by atoms with Crippen LogP contribution in [0.1, 0.15) is 21.6 Å². The second-order valence-corrected chi connectivity index (χ2v) is 7.84. The quantitative estimate of drug-likeness (QED) is 0.418. The summed E-state index contributed by atoms with van der Waals surface area (Å²) in [5.74, 6) is -1.79. The summed E-state index contributed by atoms with van der Waals surface area (Å²) in [6.07, 6.45) is 3.83. The van der Waals surface area contributed by atoms with Gasteiger partial charge in [0.25, 0.3) is 0 Å². The Morgan fingerprint density at radius 1 is 1.35 bits per heavy atom. The third kappa shape index (κ3) is 4.50. The second-order valence-electron chi connectivity index (χ2n) is 7.84. The summed E-state index contributed by atoms with van der Waals surface area (Å²) < 4.78 is 12.6. The van der Waals surface area contributed by atoms with Crippen molar-refractivity contribution >= 4 is 18.6 Å². The fourth-order valence-corrected chi connectivity index (χ4v) is 3.74. The van der Waals surface area contributed by atoms with E-state index in [1.54, 1.807) is 28.1 Å². The van der Waals surface area contributed by atoms with Gasteiger partial charge in [0.2, 0.25) is 5.91 Å². The maximum absolute atomic E-state index is 12.4. The van der Waals surface area contributed by atoms with E-state index in [-0.39, 0.29) is 42.3 Å². The van der Waals surface area contributed by atoms with E-state index in [0.29, 0.717) is 31.6 Å². The lowest BCUT2D eigenvalue weighted by atomic mass is 9.70. The normalized spacial score (nSPS) is 17.5. The van der Waals surface area contributed by atoms with Crippen molar-refractivity contribution in [2.24, 2.45) is 5.73 Å². The number of benzene rings is 1. The molecular formula is C19H23BN4O7-2. The van der Waals surface area contributed by atoms with E-state index in [2.05, 4.69) is 4.98 Å². The minimum absolute atomic E-state index is 0.00499. The standard InChI is InChI=1S/C19H24BN4O7/c21-6-4-13-7-23(11-22-13)10-16(25)24-8-14(9-24)30-15-2-1-12-3-5-20(28,29)31-18(12)17(15)19(26)27/h1-2,7,11,14,28-29H,3-6,8-10,21H2,(H,26,27)/q-1/p-1. The maximum Gasteiger partial charge on any atom is 0.430 e. The number of hydrogen-bond acceptors (Lipinski definition) is 9. The van der Waals surface area contributed by atoms with E-state index in [4.69, 9.17) is 15.1 Å². The van der Waals surface area contributed by atoms with Crippen molar-refractivity contribution in [3.63, 3.8) is 0 Å². The molecule has 1 amide bonds. The topological polar surface area (TPSA) is 163 Å². The monoisotopic (exact) mass is 430 g/mol. The Bertz CT molecular complexity index is 1000. The number of carboxylic acids is 1. The molecule has 4 N–H and O–H groups in total. The summed E-state index contributed by atoms with van der Waals surface area (Å²) in [6, 6.07) is 3.12. The third-order valence-electron chi connectivity index (χ3n) is 5.40. The minimum Gasteiger partial charge on any atom is -0.669 e. The number of aromatic carboxylic acids is 1. The number of carbonyl (C=O) groups is 2. The van der Waals surface area contributed by atoms with Gasteiger partial charge in [-0.15, -0.1) is 0 Å². The van der Waals surface area contributed by atoms with Crippen molar-refractivity contribution in [2.75, 3.05) is 19.6 Å². The van der Waals surface area contributed by atoms with Crippen LogP contribution in [0.15, 0.2) is 24.7 Å². The van der Waals surface area contributed by atoms with E-state index in [9.17, 15) is 24.7 Å². The summed E-state index contributed by atoms with van der Waals surface area (Å²) in [5, 5.41) is 31.3. The molecule has 166 valence electrons. The van der Waals surface area contributed by atoms with E-state index in [1.807, 2.05) is 0 Å². The molecule has 0 aliphatic carbocycles. The van der Waals surface area contributed by atoms with Gasteiger partial charge >= 0.3 is 6.75 Å². The molecule has 3 heterocycles. The van der Waals surface area contributed by atoms with Crippen molar-refractivity contribution in [1.82, 2.24) is 14.5 Å². The van der Waals surface area contributed by atoms with Crippen LogP contribution in [0.5, 0.6) is 11.5 Å². The summed E-state index contributed by atoms with van der Waals surface area (Å²) in [7, 11) is 0. The van der Waals surface area contributed by atoms with E-state index in [1.165, 1.54) is 6.07 Å². The average molecular weight is 430 g/mol. The molecule has 0 atom stereocenters. The molecule has 0 spiro atoms. The smallest absolute Gasteiger partial charge is 0.430 e. The molecule has 1 aromatic heterocycles. The molecule has 12 heteroatoms. The largest absolute Gasteiger partial charge is 0.669 e. The van der Waals surface area contributed by atoms with Gasteiger partial charge in [-0.25, -0.2) is 4.98 Å². The molecule has 0 unspecified atom stereocenters. The van der Waals surface area contributed by atoms with Gasteiger partial charge in [0.05, 0.1) is 42.4 Å². The number of aromatic nitrogens is 2. The first-order valence-electron chi connectivity index (χ1n) is 10.1. The Morgan fingerprint density at radius 3 is 2.84 bits per heavy atom. The highest BCUT2D eigenvalue weighted by Crippen LogP contribution is 2.38. The number of carboxylic acid groups (broad SMARTS) is 1. The van der Waals surface area contributed by atoms with Gasteiger partial charge in [0.15, 0.2) is 0 Å². The molecule has 0 radical (unpaired) electrons. The van der Waals surface area contributed by atoms with Gasteiger partial charge in [-0.05, 0) is 24.6 Å². The molecule has 1 saturated heterocycles. The zero-order valence-corrected chi connectivity index (χ0v) is 16.8. The average Bonchev–Trinajstić information content (AvgIpc) is 3.09. The van der Waals surface area contributed by atoms with Crippen molar-refractivity contribution in [3.8, 4) is 11.5 Å². The predicted octanol–water partition coefficient (Wildman–Crippen LogP) is -2.10. The summed E-state index contributed by atoms with van der Waals surface area (Å²) in [6.45, 7) is -1.92. The van der Waals surface area contributed by atoms with Crippen LogP contribution in [-0.4, -0.2) is 68.9 Å². The predicted molar refractivity (Wildman–Crippen MR) is 106 cm³/mol. The van der Waals surface area contributed by atoms with Gasteiger partial charge < -0.3 is 44.5 Å². The molecule has 1 fully saturated rings. The van der Waals surface area contributed by atoms with E-state index < -0.39 is 18.8 Å². The number of hydrogen-bond donors (Lipinski definition) is 3. The lowest BCUT2D eigenvalue weighted by molar-refractivity contribution is -0.255. The van der Waals surface area contributed by atoms with Crippen molar-refractivity contribution in [3.05, 3.63) is 41.5 Å². The fourth-order valence-electron chi connectivity index (χ4n) is 3.74. The molecule has 0 bridgehead atoms. The van der Waals surface area contributed by atoms with Gasteiger partial charge in [0, 0.05) is 12.6 Å². The Balaban J connectivity index is 1.39. The minimum atomic E-state index is -3.13. The first-order valence-corrected chi connectivity index (χ1v) is 10.1. The Morgan fingerprint density at radius 2 is 2.13 bits per heavy atom. The molecular weight excluding hydrogens is 407 g/mol. The van der Waals surface area contributed by atoms with Crippen molar-refractivity contribution < 1.29 is 34.1 Å². The molecule has 0 saturated carbocycles. The van der Waals surface area contributed by atoms with Crippen LogP contribution < -0.4 is 20.2 Å². The zero-order chi connectivity index (χ0) is 22.2. The van der Waals surface area contributed by atoms with Crippen LogP contribution in [-0.2, 0) is 24.2 Å². The summed E-state index contributed by atoms with van der Waals surface area (Å²) in [5.41, 5.74) is 6.49. The molecule has 2 aliphatic rings. The van der Waals surface area contributed by atoms with Crippen LogP contribution in [0.4, 0.5) is 0 Å². The van der Waals surface area contributed by atoms with Crippen LogP contribution in [0, 0.1) is 0 Å². The molecule has 31 heavy (non-hydrogen) atoms. The molecule has 1 aromatic carbocycles. The lowest BCUT2D eigenvalue weighted by Gasteiger charge is -2.41. The number of imidazole rings is 1. The number of nitrogens with two attached hydrogens (primary N) is 1. The SMILES string of the molecule is NCCc1cn(CC(=O)N2CC(Oc3ccc4c(c3C(=O)[O-])O[B-](O)(O)CC4)C2)cn1. The molecule has 11 nitrogen and oxygen atoms in total. The highest BCUT2D eigenvalue weighted by molar-refractivity contribution is 6.59. The van der Waals surface area contributed by atoms with Gasteiger partial charge in [-0.2, -0.15) is 0 Å². The van der Waals surface area contributed by atoms with Crippen molar-refractivity contribution in [1.29, 1.82) is 0 Å². The van der Waals surface area contributed by atoms with Gasteiger partial charge in [-0.1, -0.05) is 12.4 Å². The molecule has 2 aromatic rings. The van der Waals surface area contributed by atoms with E-state index >= 15 is 0 Å². The number of likely N-dealkylation sites (tertiary alicyclic amines) is 1. The maximum atomic E-state index is 12.4. The number of nitrogens with zero attached hydrogens (tertiary/aromatic N) is 3. The molecule has 4 rings (SSSR count). The number of aryl methyl sites for hydroxylation is 1. The van der Waals surface area contributed by atoms with Gasteiger partial charge in [0.1, 0.15) is 18.4 Å². The number of amides is 1. The highest BCUT2D eigenvalue weighted by Gasteiger charge is 2.35. The number of ether oxygens (including phenoxy) is 1. The highest BCUT2D eigenvalue weighted by atomic mass is 16.6. The van der Waals surface area contributed by atoms with Crippen LogP contribution in [0.25, 0.3) is 0 Å². The number of rotatable bonds is 7. The fraction of sp³-hybridized carbons (Fsp3) is 0.421. The second kappa shape index (κ2) is 8.21. The Hall–Kier alpha value is -3.09. The third-order valence-corrected chi connectivity index (χ3v) is 5.40. The number of carbonyl (C=O) groups excluding carboxylic acids is 2. The summed E-state index contributed by atoms with van der Waals surface area (Å²) >= 11 is 0. The summed E-state index contributed by atoms with van der Waals surface area (Å²) in [4.78, 5) is 29.9. The molecule has 2 aliphatic heterocycles. The number of fused-ring (bicyclic) bond motifs is 1. The van der Waals surface area contributed by atoms with Crippen LogP contribution in [0.2, 0.25) is 6.32 Å². The van der Waals surface area contributed by atoms with Crippen molar-refractivity contribution in [2.45, 2.75) is 31.8 Å². The van der Waals surface area contributed by atoms with E-state index in [0.717, 1.165) is 5.69 Å². The van der Waals surface area contributed by atoms with Crippen LogP contribution >= 0.6 is 0 Å².